The summed E-state index contributed by atoms with van der Waals surface area (Å²) in [6.07, 6.45) is 0.934. The molecule has 1 heterocycles. The van der Waals surface area contributed by atoms with Crippen LogP contribution in [0.15, 0.2) is 30.3 Å². The maximum absolute atomic E-state index is 12.2. The summed E-state index contributed by atoms with van der Waals surface area (Å²) in [4.78, 5) is 14.1. The van der Waals surface area contributed by atoms with Crippen LogP contribution in [0.4, 0.5) is 5.69 Å². The molecule has 0 radical (unpaired) electrons. The predicted molar refractivity (Wildman–Crippen MR) is 81.2 cm³/mol. The first-order valence-corrected chi connectivity index (χ1v) is 7.11. The minimum Gasteiger partial charge on any atom is -0.497 e. The van der Waals surface area contributed by atoms with Crippen molar-refractivity contribution in [2.75, 3.05) is 19.5 Å². The second-order valence-electron chi connectivity index (χ2n) is 4.14. The molecule has 1 aromatic heterocycles. The molecule has 5 heteroatoms. The number of hydrogen-bond donors (Lipinski definition) is 1. The van der Waals surface area contributed by atoms with E-state index in [1.165, 1.54) is 16.2 Å². The Morgan fingerprint density at radius 2 is 2.00 bits per heavy atom. The Labute approximate surface area is 122 Å². The zero-order valence-electron chi connectivity index (χ0n) is 11.7. The van der Waals surface area contributed by atoms with Gasteiger partial charge in [0.1, 0.15) is 11.5 Å². The molecule has 0 fully saturated rings. The number of ether oxygens (including phenoxy) is 2. The molecule has 0 saturated carbocycles. The summed E-state index contributed by atoms with van der Waals surface area (Å²) in [5.74, 6) is 1.13. The lowest BCUT2D eigenvalue weighted by Gasteiger charge is -2.11. The third kappa shape index (κ3) is 3.11. The van der Waals surface area contributed by atoms with E-state index >= 15 is 0 Å². The highest BCUT2D eigenvalue weighted by molar-refractivity contribution is 7.14. The SMILES string of the molecule is CCc1ccc(C(=O)Nc2ccc(OC)cc2OC)s1. The van der Waals surface area contributed by atoms with E-state index in [-0.39, 0.29) is 5.91 Å². The van der Waals surface area contributed by atoms with Crippen LogP contribution in [0.1, 0.15) is 21.5 Å². The average Bonchev–Trinajstić information content (AvgIpc) is 2.96. The number of benzene rings is 1. The molecule has 4 nitrogen and oxygen atoms in total. The van der Waals surface area contributed by atoms with E-state index in [1.54, 1.807) is 32.4 Å². The lowest BCUT2D eigenvalue weighted by molar-refractivity contribution is 0.103. The van der Waals surface area contributed by atoms with Gasteiger partial charge in [-0.05, 0) is 30.7 Å². The Bertz CT molecular complexity index is 607. The second kappa shape index (κ2) is 6.43. The standard InChI is InChI=1S/C15H17NO3S/c1-4-11-6-8-14(20-11)15(17)16-12-7-5-10(18-2)9-13(12)19-3/h5-9H,4H2,1-3H3,(H,16,17). The summed E-state index contributed by atoms with van der Waals surface area (Å²) in [6, 6.07) is 9.11. The van der Waals surface area contributed by atoms with Gasteiger partial charge < -0.3 is 14.8 Å². The van der Waals surface area contributed by atoms with Gasteiger partial charge in [-0.25, -0.2) is 0 Å². The van der Waals surface area contributed by atoms with Crippen LogP contribution in [-0.2, 0) is 6.42 Å². The summed E-state index contributed by atoms with van der Waals surface area (Å²) in [6.45, 7) is 2.07. The molecule has 0 saturated heterocycles. The Morgan fingerprint density at radius 3 is 2.60 bits per heavy atom. The van der Waals surface area contributed by atoms with Crippen LogP contribution in [0.3, 0.4) is 0 Å². The van der Waals surface area contributed by atoms with Gasteiger partial charge in [0.05, 0.1) is 24.8 Å². The van der Waals surface area contributed by atoms with Gasteiger partial charge in [-0.1, -0.05) is 6.92 Å². The molecule has 20 heavy (non-hydrogen) atoms. The van der Waals surface area contributed by atoms with Crippen molar-refractivity contribution in [3.05, 3.63) is 40.1 Å². The van der Waals surface area contributed by atoms with Crippen molar-refractivity contribution in [1.29, 1.82) is 0 Å². The molecule has 0 aliphatic heterocycles. The topological polar surface area (TPSA) is 47.6 Å². The number of carbonyl (C=O) groups is 1. The van der Waals surface area contributed by atoms with E-state index < -0.39 is 0 Å². The van der Waals surface area contributed by atoms with Crippen LogP contribution in [0.5, 0.6) is 11.5 Å². The second-order valence-corrected chi connectivity index (χ2v) is 5.31. The molecule has 2 rings (SSSR count). The number of anilines is 1. The van der Waals surface area contributed by atoms with Gasteiger partial charge in [-0.2, -0.15) is 0 Å². The molecule has 1 amide bonds. The number of hydrogen-bond acceptors (Lipinski definition) is 4. The molecular weight excluding hydrogens is 274 g/mol. The van der Waals surface area contributed by atoms with Crippen molar-refractivity contribution >= 4 is 22.9 Å². The molecule has 0 unspecified atom stereocenters. The molecule has 106 valence electrons. The molecule has 1 aromatic carbocycles. The number of thiophene rings is 1. The molecule has 2 aromatic rings. The number of aryl methyl sites for hydroxylation is 1. The number of nitrogens with one attached hydrogen (secondary N) is 1. The van der Waals surface area contributed by atoms with E-state index in [4.69, 9.17) is 9.47 Å². The third-order valence-electron chi connectivity index (χ3n) is 2.89. The number of carbonyl (C=O) groups excluding carboxylic acids is 1. The summed E-state index contributed by atoms with van der Waals surface area (Å²) in [7, 11) is 3.15. The Balaban J connectivity index is 2.18. The molecule has 0 atom stereocenters. The maximum atomic E-state index is 12.2. The van der Waals surface area contributed by atoms with Crippen molar-refractivity contribution in [2.45, 2.75) is 13.3 Å². The Hall–Kier alpha value is -2.01. The Morgan fingerprint density at radius 1 is 1.20 bits per heavy atom. The molecular formula is C15H17NO3S. The zero-order chi connectivity index (χ0) is 14.5. The van der Waals surface area contributed by atoms with Crippen LogP contribution >= 0.6 is 11.3 Å². The van der Waals surface area contributed by atoms with Crippen molar-refractivity contribution < 1.29 is 14.3 Å². The van der Waals surface area contributed by atoms with Crippen molar-refractivity contribution in [2.24, 2.45) is 0 Å². The molecule has 1 N–H and O–H groups in total. The van der Waals surface area contributed by atoms with Gasteiger partial charge in [-0.15, -0.1) is 11.3 Å². The average molecular weight is 291 g/mol. The van der Waals surface area contributed by atoms with Crippen LogP contribution < -0.4 is 14.8 Å². The van der Waals surface area contributed by atoms with E-state index in [1.807, 2.05) is 12.1 Å². The first-order chi connectivity index (χ1) is 9.67. The normalized spacial score (nSPS) is 10.2. The highest BCUT2D eigenvalue weighted by Gasteiger charge is 2.12. The van der Waals surface area contributed by atoms with Gasteiger partial charge >= 0.3 is 0 Å². The fraction of sp³-hybridized carbons (Fsp3) is 0.267. The Kier molecular flexibility index (Phi) is 4.63. The minimum atomic E-state index is -0.127. The van der Waals surface area contributed by atoms with E-state index in [0.29, 0.717) is 22.1 Å². The highest BCUT2D eigenvalue weighted by atomic mass is 32.1. The first kappa shape index (κ1) is 14.4. The van der Waals surface area contributed by atoms with Crippen LogP contribution in [0.25, 0.3) is 0 Å². The van der Waals surface area contributed by atoms with E-state index in [2.05, 4.69) is 12.2 Å². The number of rotatable bonds is 5. The van der Waals surface area contributed by atoms with Crippen molar-refractivity contribution in [3.63, 3.8) is 0 Å². The van der Waals surface area contributed by atoms with Crippen LogP contribution in [-0.4, -0.2) is 20.1 Å². The van der Waals surface area contributed by atoms with Gasteiger partial charge in [0, 0.05) is 10.9 Å². The van der Waals surface area contributed by atoms with E-state index in [0.717, 1.165) is 6.42 Å². The zero-order valence-corrected chi connectivity index (χ0v) is 12.5. The quantitative estimate of drug-likeness (QED) is 0.916. The highest BCUT2D eigenvalue weighted by Crippen LogP contribution is 2.30. The van der Waals surface area contributed by atoms with Gasteiger partial charge in [0.2, 0.25) is 0 Å². The maximum Gasteiger partial charge on any atom is 0.265 e. The number of amides is 1. The fourth-order valence-corrected chi connectivity index (χ4v) is 2.62. The largest absolute Gasteiger partial charge is 0.497 e. The predicted octanol–water partition coefficient (Wildman–Crippen LogP) is 3.58. The molecule has 0 spiro atoms. The molecule has 0 aliphatic rings. The smallest absolute Gasteiger partial charge is 0.265 e. The van der Waals surface area contributed by atoms with Crippen LogP contribution in [0, 0.1) is 0 Å². The summed E-state index contributed by atoms with van der Waals surface area (Å²) in [5, 5.41) is 2.86. The van der Waals surface area contributed by atoms with Gasteiger partial charge in [0.25, 0.3) is 5.91 Å². The molecule has 0 bridgehead atoms. The summed E-state index contributed by atoms with van der Waals surface area (Å²) >= 11 is 1.50. The lowest BCUT2D eigenvalue weighted by atomic mass is 10.2. The monoisotopic (exact) mass is 291 g/mol. The van der Waals surface area contributed by atoms with Crippen molar-refractivity contribution in [3.8, 4) is 11.5 Å². The lowest BCUT2D eigenvalue weighted by Crippen LogP contribution is -2.11. The van der Waals surface area contributed by atoms with E-state index in [9.17, 15) is 4.79 Å². The first-order valence-electron chi connectivity index (χ1n) is 6.30. The summed E-state index contributed by atoms with van der Waals surface area (Å²) < 4.78 is 10.4. The third-order valence-corrected chi connectivity index (χ3v) is 4.12. The van der Waals surface area contributed by atoms with Gasteiger partial charge in [-0.3, -0.25) is 4.79 Å². The fourth-order valence-electron chi connectivity index (χ4n) is 1.78. The number of methoxy groups -OCH3 is 2. The van der Waals surface area contributed by atoms with Crippen molar-refractivity contribution in [1.82, 2.24) is 0 Å². The molecule has 0 aliphatic carbocycles. The minimum absolute atomic E-state index is 0.127. The van der Waals surface area contributed by atoms with Gasteiger partial charge in [0.15, 0.2) is 0 Å². The summed E-state index contributed by atoms with van der Waals surface area (Å²) in [5.41, 5.74) is 0.629. The van der Waals surface area contributed by atoms with Crippen LogP contribution in [0.2, 0.25) is 0 Å².